The van der Waals surface area contributed by atoms with Crippen LogP contribution in [0.5, 0.6) is 0 Å². The van der Waals surface area contributed by atoms with Crippen molar-refractivity contribution in [2.75, 3.05) is 13.2 Å². The Balaban J connectivity index is 0. The molecule has 15 heavy (non-hydrogen) atoms. The van der Waals surface area contributed by atoms with E-state index in [0.717, 1.165) is 6.61 Å². The van der Waals surface area contributed by atoms with Crippen molar-refractivity contribution in [3.05, 3.63) is 0 Å². The topological polar surface area (TPSA) is 42.1 Å². The summed E-state index contributed by atoms with van der Waals surface area (Å²) in [5.74, 6) is 0.148. The Morgan fingerprint density at radius 1 is 1.13 bits per heavy atom. The van der Waals surface area contributed by atoms with Crippen LogP contribution in [0, 0.1) is 0 Å². The van der Waals surface area contributed by atoms with Crippen molar-refractivity contribution >= 4 is 5.78 Å². The van der Waals surface area contributed by atoms with E-state index in [1.54, 1.807) is 0 Å². The molecule has 3 nitrogen and oxygen atoms in total. The number of carbonyl (C=O) groups excluding carboxylic acids is 1. The molecule has 0 saturated carbocycles. The molecule has 0 amide bonds. The van der Waals surface area contributed by atoms with E-state index >= 15 is 0 Å². The highest BCUT2D eigenvalue weighted by Crippen LogP contribution is 2.10. The summed E-state index contributed by atoms with van der Waals surface area (Å²) in [5, 5.41) is 0. The Bertz CT molecular complexity index is 138. The summed E-state index contributed by atoms with van der Waals surface area (Å²) in [6.45, 7) is 13.3. The van der Waals surface area contributed by atoms with Crippen LogP contribution in [-0.2, 0) is 14.3 Å². The predicted molar refractivity (Wildman–Crippen MR) is 63.1 cm³/mol. The highest BCUT2D eigenvalue weighted by Gasteiger charge is 2.26. The fourth-order valence-electron chi connectivity index (χ4n) is 0.587. The summed E-state index contributed by atoms with van der Waals surface area (Å²) in [4.78, 5) is 10.1. The van der Waals surface area contributed by atoms with Gasteiger partial charge in [-0.05, 0) is 13.3 Å². The fourth-order valence-corrected chi connectivity index (χ4v) is 0.587. The van der Waals surface area contributed by atoms with E-state index in [9.17, 15) is 4.79 Å². The summed E-state index contributed by atoms with van der Waals surface area (Å²) < 4.78 is 9.48. The molecule has 92 valence electrons. The van der Waals surface area contributed by atoms with Gasteiger partial charge in [-0.3, -0.25) is 4.79 Å². The maximum atomic E-state index is 10.1. The molecular formula is C12H26O3. The van der Waals surface area contributed by atoms with Crippen LogP contribution < -0.4 is 0 Å². The Labute approximate surface area is 94.1 Å². The molecule has 2 saturated heterocycles. The zero-order chi connectivity index (χ0) is 12.3. The number of ketones is 1. The van der Waals surface area contributed by atoms with Gasteiger partial charge in [0, 0.05) is 0 Å². The highest BCUT2D eigenvalue weighted by molar-refractivity contribution is 5.82. The number of Topliss-reactive ketones (excluding diaryl/α,β-unsaturated/α-hetero) is 1. The molecule has 2 fully saturated rings. The maximum absolute atomic E-state index is 10.1. The average molecular weight is 218 g/mol. The molecule has 2 rings (SSSR count). The molecule has 0 aromatic carbocycles. The molecule has 0 bridgehead atoms. The van der Waals surface area contributed by atoms with Crippen LogP contribution in [0.15, 0.2) is 0 Å². The van der Waals surface area contributed by atoms with Crippen LogP contribution in [-0.4, -0.2) is 31.2 Å². The van der Waals surface area contributed by atoms with Crippen LogP contribution in [0.25, 0.3) is 0 Å². The van der Waals surface area contributed by atoms with Gasteiger partial charge >= 0.3 is 0 Å². The van der Waals surface area contributed by atoms with Crippen molar-refractivity contribution in [1.82, 2.24) is 0 Å². The zero-order valence-corrected chi connectivity index (χ0v) is 11.0. The third-order valence-electron chi connectivity index (χ3n) is 1.64. The van der Waals surface area contributed by atoms with Crippen LogP contribution in [0.2, 0.25) is 0 Å². The standard InChI is InChI=1S/C4H6O2.C4H8O.2C2H6/c1-3(5)4-2-6-4;1-2-4-3-5-4;2*1-2/h4H,2H2,1H3;4H,2-3H2,1H3;2*1-2H3. The van der Waals surface area contributed by atoms with Crippen molar-refractivity contribution in [3.8, 4) is 0 Å². The van der Waals surface area contributed by atoms with Gasteiger partial charge in [-0.25, -0.2) is 0 Å². The minimum Gasteiger partial charge on any atom is -0.373 e. The average Bonchev–Trinajstić information content (AvgIpc) is 3.13. The third kappa shape index (κ3) is 13.6. The minimum atomic E-state index is -0.0370. The van der Waals surface area contributed by atoms with Crippen molar-refractivity contribution in [1.29, 1.82) is 0 Å². The largest absolute Gasteiger partial charge is 0.373 e. The van der Waals surface area contributed by atoms with E-state index in [4.69, 9.17) is 4.74 Å². The molecule has 2 atom stereocenters. The lowest BCUT2D eigenvalue weighted by molar-refractivity contribution is -0.118. The molecule has 0 N–H and O–H groups in total. The van der Waals surface area contributed by atoms with E-state index in [-0.39, 0.29) is 11.9 Å². The second-order valence-electron chi connectivity index (χ2n) is 2.80. The lowest BCUT2D eigenvalue weighted by Gasteiger charge is -1.72. The molecule has 2 heterocycles. The number of hydrogen-bond donors (Lipinski definition) is 0. The molecule has 2 aliphatic rings. The summed E-state index contributed by atoms with van der Waals surface area (Å²) >= 11 is 0. The summed E-state index contributed by atoms with van der Waals surface area (Å²) in [5.41, 5.74) is 0. The van der Waals surface area contributed by atoms with E-state index in [1.165, 1.54) is 13.3 Å². The van der Waals surface area contributed by atoms with E-state index < -0.39 is 0 Å². The third-order valence-corrected chi connectivity index (χ3v) is 1.64. The van der Waals surface area contributed by atoms with Gasteiger partial charge in [-0.1, -0.05) is 34.6 Å². The summed E-state index contributed by atoms with van der Waals surface area (Å²) in [7, 11) is 0. The van der Waals surface area contributed by atoms with Gasteiger partial charge in [-0.2, -0.15) is 0 Å². The maximum Gasteiger partial charge on any atom is 0.160 e. The van der Waals surface area contributed by atoms with Crippen molar-refractivity contribution in [3.63, 3.8) is 0 Å². The van der Waals surface area contributed by atoms with Crippen molar-refractivity contribution in [2.24, 2.45) is 0 Å². The number of hydrogen-bond acceptors (Lipinski definition) is 3. The Morgan fingerprint density at radius 2 is 1.53 bits per heavy atom. The number of carbonyl (C=O) groups is 1. The number of rotatable bonds is 2. The van der Waals surface area contributed by atoms with Gasteiger partial charge in [0.05, 0.1) is 19.3 Å². The van der Waals surface area contributed by atoms with Gasteiger partial charge in [0.25, 0.3) is 0 Å². The van der Waals surface area contributed by atoms with E-state index in [2.05, 4.69) is 11.7 Å². The molecular weight excluding hydrogens is 192 g/mol. The SMILES string of the molecule is CC.CC.CC(=O)C1CO1.CCC1CO1. The summed E-state index contributed by atoms with van der Waals surface area (Å²) in [6, 6.07) is 0. The van der Waals surface area contributed by atoms with Gasteiger partial charge in [0.15, 0.2) is 5.78 Å². The van der Waals surface area contributed by atoms with Crippen LogP contribution >= 0.6 is 0 Å². The second-order valence-corrected chi connectivity index (χ2v) is 2.80. The molecule has 0 aromatic rings. The lowest BCUT2D eigenvalue weighted by Crippen LogP contribution is -1.97. The van der Waals surface area contributed by atoms with E-state index in [1.807, 2.05) is 27.7 Å². The summed E-state index contributed by atoms with van der Waals surface area (Å²) in [6.07, 6.45) is 1.79. The number of epoxide rings is 2. The molecule has 0 aromatic heterocycles. The Hall–Kier alpha value is -0.410. The zero-order valence-electron chi connectivity index (χ0n) is 11.0. The van der Waals surface area contributed by atoms with Crippen LogP contribution in [0.1, 0.15) is 48.0 Å². The van der Waals surface area contributed by atoms with E-state index in [0.29, 0.717) is 12.7 Å². The Kier molecular flexibility index (Phi) is 13.2. The first-order chi connectivity index (χ1) is 7.24. The minimum absolute atomic E-state index is 0.0370. The molecule has 3 heteroatoms. The lowest BCUT2D eigenvalue weighted by atomic mass is 10.3. The Morgan fingerprint density at radius 3 is 1.53 bits per heavy atom. The molecule has 2 unspecified atom stereocenters. The molecule has 0 aliphatic carbocycles. The fraction of sp³-hybridized carbons (Fsp3) is 0.917. The smallest absolute Gasteiger partial charge is 0.160 e. The second kappa shape index (κ2) is 11.7. The van der Waals surface area contributed by atoms with Crippen LogP contribution in [0.4, 0.5) is 0 Å². The monoisotopic (exact) mass is 218 g/mol. The highest BCUT2D eigenvalue weighted by atomic mass is 16.6. The van der Waals surface area contributed by atoms with Crippen molar-refractivity contribution < 1.29 is 14.3 Å². The first-order valence-electron chi connectivity index (χ1n) is 5.97. The first-order valence-corrected chi connectivity index (χ1v) is 5.97. The first kappa shape index (κ1) is 17.0. The normalized spacial score (nSPS) is 24.1. The van der Waals surface area contributed by atoms with Gasteiger partial charge in [-0.15, -0.1) is 0 Å². The van der Waals surface area contributed by atoms with Gasteiger partial charge in [0.1, 0.15) is 6.10 Å². The van der Waals surface area contributed by atoms with Crippen molar-refractivity contribution in [2.45, 2.75) is 60.2 Å². The molecule has 0 radical (unpaired) electrons. The van der Waals surface area contributed by atoms with Crippen LogP contribution in [0.3, 0.4) is 0 Å². The number of ether oxygens (including phenoxy) is 2. The molecule has 0 spiro atoms. The van der Waals surface area contributed by atoms with Gasteiger partial charge in [0.2, 0.25) is 0 Å². The molecule has 2 aliphatic heterocycles. The van der Waals surface area contributed by atoms with Gasteiger partial charge < -0.3 is 9.47 Å². The predicted octanol–water partition coefficient (Wildman–Crippen LogP) is 2.82. The quantitative estimate of drug-likeness (QED) is 0.669.